The van der Waals surface area contributed by atoms with Crippen LogP contribution in [0.15, 0.2) is 47.5 Å². The summed E-state index contributed by atoms with van der Waals surface area (Å²) in [6.45, 7) is 0.475. The largest absolute Gasteiger partial charge is 0.464 e. The van der Waals surface area contributed by atoms with Crippen LogP contribution < -0.4 is 10.0 Å². The van der Waals surface area contributed by atoms with Gasteiger partial charge in [-0.05, 0) is 55.0 Å². The molecule has 1 aromatic heterocycles. The van der Waals surface area contributed by atoms with Crippen molar-refractivity contribution in [2.75, 3.05) is 13.7 Å². The van der Waals surface area contributed by atoms with Gasteiger partial charge in [0.1, 0.15) is 5.69 Å². The molecule has 1 saturated carbocycles. The Morgan fingerprint density at radius 2 is 1.74 bits per heavy atom. The van der Waals surface area contributed by atoms with Crippen molar-refractivity contribution in [3.8, 4) is 0 Å². The number of ether oxygens (including phenoxy) is 1. The van der Waals surface area contributed by atoms with Gasteiger partial charge in [-0.1, -0.05) is 31.4 Å². The Kier molecular flexibility index (Phi) is 8.75. The Labute approximate surface area is 199 Å². The van der Waals surface area contributed by atoms with Crippen LogP contribution in [0.4, 0.5) is 0 Å². The van der Waals surface area contributed by atoms with Crippen LogP contribution in [0.1, 0.15) is 64.9 Å². The maximum atomic E-state index is 12.6. The van der Waals surface area contributed by atoms with Gasteiger partial charge in [0.25, 0.3) is 15.9 Å². The van der Waals surface area contributed by atoms with Gasteiger partial charge < -0.3 is 10.1 Å². The lowest BCUT2D eigenvalue weighted by Crippen LogP contribution is -2.30. The van der Waals surface area contributed by atoms with Gasteiger partial charge in [0.15, 0.2) is 0 Å². The number of rotatable bonds is 9. The Bertz CT molecular complexity index is 1110. The van der Waals surface area contributed by atoms with E-state index in [4.69, 9.17) is 0 Å². The fourth-order valence-electron chi connectivity index (χ4n) is 3.90. The molecule has 182 valence electrons. The molecule has 0 saturated heterocycles. The highest BCUT2D eigenvalue weighted by atomic mass is 32.2. The second-order valence-corrected chi connectivity index (χ2v) is 9.99. The first-order chi connectivity index (χ1) is 16.3. The van der Waals surface area contributed by atoms with E-state index in [2.05, 4.69) is 15.0 Å². The summed E-state index contributed by atoms with van der Waals surface area (Å²) < 4.78 is 31.6. The van der Waals surface area contributed by atoms with Crippen molar-refractivity contribution in [1.82, 2.24) is 15.0 Å². The van der Waals surface area contributed by atoms with E-state index in [0.29, 0.717) is 25.3 Å². The number of carbonyl (C=O) groups excluding carboxylic acids is 3. The fraction of sp³-hybridized carbons (Fsp3) is 0.417. The number of nitrogens with zero attached hydrogens (tertiary/aromatic N) is 1. The fourth-order valence-corrected chi connectivity index (χ4v) is 4.87. The number of esters is 1. The SMILES string of the molecule is COC(=O)c1ccc(C(=O)NS(=O)(=O)c2ccc(CCNC(=O)CC3CCCCC3)cc2)cn1. The van der Waals surface area contributed by atoms with Gasteiger partial charge in [-0.3, -0.25) is 9.59 Å². The lowest BCUT2D eigenvalue weighted by molar-refractivity contribution is -0.122. The smallest absolute Gasteiger partial charge is 0.356 e. The number of nitrogens with one attached hydrogen (secondary N) is 2. The van der Waals surface area contributed by atoms with Crippen LogP contribution in [0.3, 0.4) is 0 Å². The minimum absolute atomic E-state index is 0.00247. The zero-order chi connectivity index (χ0) is 24.6. The van der Waals surface area contributed by atoms with Gasteiger partial charge in [0.05, 0.1) is 17.6 Å². The maximum absolute atomic E-state index is 12.6. The normalized spacial score (nSPS) is 14.3. The molecule has 9 nitrogen and oxygen atoms in total. The van der Waals surface area contributed by atoms with Crippen molar-refractivity contribution in [3.05, 3.63) is 59.4 Å². The lowest BCUT2D eigenvalue weighted by Gasteiger charge is -2.20. The van der Waals surface area contributed by atoms with E-state index >= 15 is 0 Å². The lowest BCUT2D eigenvalue weighted by atomic mass is 9.87. The van der Waals surface area contributed by atoms with E-state index < -0.39 is 21.9 Å². The Hall–Kier alpha value is -3.27. The Morgan fingerprint density at radius 1 is 1.03 bits per heavy atom. The molecule has 2 aromatic rings. The average molecular weight is 488 g/mol. The minimum atomic E-state index is -4.09. The van der Waals surface area contributed by atoms with E-state index in [9.17, 15) is 22.8 Å². The van der Waals surface area contributed by atoms with Gasteiger partial charge in [-0.2, -0.15) is 0 Å². The average Bonchev–Trinajstić information content (AvgIpc) is 2.84. The van der Waals surface area contributed by atoms with Crippen LogP contribution in [0, 0.1) is 5.92 Å². The molecule has 1 aliphatic carbocycles. The van der Waals surface area contributed by atoms with Crippen molar-refractivity contribution in [2.24, 2.45) is 5.92 Å². The molecule has 34 heavy (non-hydrogen) atoms. The third kappa shape index (κ3) is 7.11. The predicted octanol–water partition coefficient (Wildman–Crippen LogP) is 2.62. The quantitative estimate of drug-likeness (QED) is 0.520. The third-order valence-corrected chi connectivity index (χ3v) is 7.16. The van der Waals surface area contributed by atoms with Crippen molar-refractivity contribution in [1.29, 1.82) is 0 Å². The highest BCUT2D eigenvalue weighted by Crippen LogP contribution is 2.26. The van der Waals surface area contributed by atoms with Crippen molar-refractivity contribution in [2.45, 2.75) is 49.8 Å². The number of sulfonamides is 1. The topological polar surface area (TPSA) is 132 Å². The molecule has 0 unspecified atom stereocenters. The van der Waals surface area contributed by atoms with Gasteiger partial charge in [0.2, 0.25) is 5.91 Å². The molecule has 1 aromatic carbocycles. The molecule has 10 heteroatoms. The third-order valence-electron chi connectivity index (χ3n) is 5.82. The highest BCUT2D eigenvalue weighted by Gasteiger charge is 2.20. The van der Waals surface area contributed by atoms with Crippen LogP contribution in [0.5, 0.6) is 0 Å². The predicted molar refractivity (Wildman–Crippen MR) is 125 cm³/mol. The number of hydrogen-bond acceptors (Lipinski definition) is 7. The standard InChI is InChI=1S/C24H29N3O6S/c1-33-24(30)21-12-9-19(16-26-21)23(29)27-34(31,32)20-10-7-17(8-11-20)13-14-25-22(28)15-18-5-3-2-4-6-18/h7-12,16,18H,2-6,13-15H2,1H3,(H,25,28)(H,27,29). The maximum Gasteiger partial charge on any atom is 0.356 e. The van der Waals surface area contributed by atoms with Crippen molar-refractivity contribution >= 4 is 27.8 Å². The molecule has 0 spiro atoms. The number of carbonyl (C=O) groups is 3. The molecular formula is C24H29N3O6S. The monoisotopic (exact) mass is 487 g/mol. The number of pyridine rings is 1. The summed E-state index contributed by atoms with van der Waals surface area (Å²) in [5.41, 5.74) is 0.852. The van der Waals surface area contributed by atoms with Gasteiger partial charge in [0, 0.05) is 19.2 Å². The molecular weight excluding hydrogens is 458 g/mol. The van der Waals surface area contributed by atoms with E-state index in [1.54, 1.807) is 12.1 Å². The first-order valence-electron chi connectivity index (χ1n) is 11.3. The van der Waals surface area contributed by atoms with E-state index in [0.717, 1.165) is 24.6 Å². The van der Waals surface area contributed by atoms with Crippen molar-refractivity contribution < 1.29 is 27.5 Å². The van der Waals surface area contributed by atoms with Crippen LogP contribution >= 0.6 is 0 Å². The van der Waals surface area contributed by atoms with Gasteiger partial charge in [-0.15, -0.1) is 0 Å². The van der Waals surface area contributed by atoms with E-state index in [-0.39, 0.29) is 22.1 Å². The number of amides is 2. The molecule has 0 bridgehead atoms. The molecule has 1 aliphatic rings. The second-order valence-electron chi connectivity index (χ2n) is 8.31. The number of benzene rings is 1. The molecule has 3 rings (SSSR count). The second kappa shape index (κ2) is 11.7. The van der Waals surface area contributed by atoms with E-state index in [1.807, 2.05) is 4.72 Å². The van der Waals surface area contributed by atoms with Gasteiger partial charge in [-0.25, -0.2) is 22.9 Å². The van der Waals surface area contributed by atoms with Crippen LogP contribution in [0.25, 0.3) is 0 Å². The number of hydrogen-bond donors (Lipinski definition) is 2. The van der Waals surface area contributed by atoms with Gasteiger partial charge >= 0.3 is 5.97 Å². The zero-order valence-electron chi connectivity index (χ0n) is 19.1. The summed E-state index contributed by atoms with van der Waals surface area (Å²) in [7, 11) is -2.89. The summed E-state index contributed by atoms with van der Waals surface area (Å²) in [4.78, 5) is 39.6. The molecule has 1 heterocycles. The summed E-state index contributed by atoms with van der Waals surface area (Å²) in [6, 6.07) is 8.69. The van der Waals surface area contributed by atoms with E-state index in [1.165, 1.54) is 50.6 Å². The van der Waals surface area contributed by atoms with Crippen LogP contribution in [0.2, 0.25) is 0 Å². The van der Waals surface area contributed by atoms with Crippen LogP contribution in [-0.2, 0) is 26.0 Å². The first-order valence-corrected chi connectivity index (χ1v) is 12.7. The molecule has 1 fully saturated rings. The highest BCUT2D eigenvalue weighted by molar-refractivity contribution is 7.90. The summed E-state index contributed by atoms with van der Waals surface area (Å²) >= 11 is 0. The first kappa shape index (κ1) is 25.4. The van der Waals surface area contributed by atoms with Crippen molar-refractivity contribution in [3.63, 3.8) is 0 Å². The minimum Gasteiger partial charge on any atom is -0.464 e. The zero-order valence-corrected chi connectivity index (χ0v) is 19.9. The molecule has 0 radical (unpaired) electrons. The summed E-state index contributed by atoms with van der Waals surface area (Å²) in [6.07, 6.45) is 8.14. The molecule has 2 N–H and O–H groups in total. The Balaban J connectivity index is 1.50. The van der Waals surface area contributed by atoms with Crippen LogP contribution in [-0.4, -0.2) is 44.8 Å². The molecule has 0 aliphatic heterocycles. The number of aromatic nitrogens is 1. The number of methoxy groups -OCH3 is 1. The molecule has 2 amide bonds. The summed E-state index contributed by atoms with van der Waals surface area (Å²) in [5, 5.41) is 2.93. The summed E-state index contributed by atoms with van der Waals surface area (Å²) in [5.74, 6) is -0.991. The Morgan fingerprint density at radius 3 is 2.35 bits per heavy atom. The molecule has 0 atom stereocenters.